The van der Waals surface area contributed by atoms with Crippen molar-refractivity contribution in [3.8, 4) is 11.8 Å². The molecule has 109 heavy (non-hydrogen) atoms. The molecule has 3 fully saturated rings. The monoisotopic (exact) mass is 1490 g/mol. The van der Waals surface area contributed by atoms with E-state index >= 15 is 0 Å². The fourth-order valence-corrected chi connectivity index (χ4v) is 10.3. The van der Waals surface area contributed by atoms with Crippen molar-refractivity contribution in [3.05, 3.63) is 228 Å². The molecule has 5 heterocycles. The number of hydrogen-bond acceptors (Lipinski definition) is 8. The Labute approximate surface area is 672 Å². The van der Waals surface area contributed by atoms with Crippen molar-refractivity contribution >= 4 is 11.4 Å². The maximum Gasteiger partial charge on any atom is 0.0371 e. The van der Waals surface area contributed by atoms with Gasteiger partial charge in [-0.05, 0) is 254 Å². The lowest BCUT2D eigenvalue weighted by atomic mass is 9.87. The molecule has 0 spiro atoms. The summed E-state index contributed by atoms with van der Waals surface area (Å²) < 4.78 is 0. The summed E-state index contributed by atoms with van der Waals surface area (Å²) in [5.41, 5.74) is 14.8. The fraction of sp³-hybridized carbons (Fsp3) is 0.584. The molecule has 10 rings (SSSR count). The third kappa shape index (κ3) is 62.4. The first-order chi connectivity index (χ1) is 50.8. The first-order valence-corrected chi connectivity index (χ1v) is 41.6. The molecule has 3 aromatic carbocycles. The maximum atomic E-state index is 4.03. The van der Waals surface area contributed by atoms with Crippen LogP contribution in [0.4, 0.5) is 11.4 Å². The van der Waals surface area contributed by atoms with Crippen molar-refractivity contribution in [2.75, 3.05) is 43.4 Å². The smallest absolute Gasteiger partial charge is 0.0371 e. The second-order valence-corrected chi connectivity index (χ2v) is 39.3. The van der Waals surface area contributed by atoms with Crippen LogP contribution >= 0.6 is 0 Å². The Bertz CT molecular complexity index is 3340. The van der Waals surface area contributed by atoms with Crippen LogP contribution in [0.5, 0.6) is 0 Å². The maximum absolute atomic E-state index is 4.03. The molecule has 2 aliphatic carbocycles. The van der Waals surface area contributed by atoms with E-state index in [1.807, 2.05) is 67.5 Å². The zero-order chi connectivity index (χ0) is 82.2. The van der Waals surface area contributed by atoms with E-state index in [1.165, 1.54) is 128 Å². The molecule has 1 aliphatic heterocycles. The van der Waals surface area contributed by atoms with Gasteiger partial charge in [0.25, 0.3) is 0 Å². The van der Waals surface area contributed by atoms with Gasteiger partial charge in [-0.25, -0.2) is 0 Å². The van der Waals surface area contributed by atoms with Crippen LogP contribution < -0.4 is 21.3 Å². The van der Waals surface area contributed by atoms with Gasteiger partial charge in [-0.3, -0.25) is 19.9 Å². The predicted octanol–water partition coefficient (Wildman–Crippen LogP) is 27.9. The number of aryl methyl sites for hydroxylation is 2. The molecule has 2 saturated carbocycles. The van der Waals surface area contributed by atoms with Gasteiger partial charge in [0, 0.05) is 92.4 Å². The summed E-state index contributed by atoms with van der Waals surface area (Å²) >= 11 is 0. The molecule has 0 amide bonds. The fourth-order valence-electron chi connectivity index (χ4n) is 10.3. The summed E-state index contributed by atoms with van der Waals surface area (Å²) in [5.74, 6) is 10.1. The number of piperidine rings is 1. The van der Waals surface area contributed by atoms with E-state index < -0.39 is 0 Å². The Morgan fingerprint density at radius 2 is 0.881 bits per heavy atom. The molecule has 7 aromatic rings. The topological polar surface area (TPSA) is 99.7 Å². The molecular weight excluding hydrogens is 1330 g/mol. The van der Waals surface area contributed by atoms with Gasteiger partial charge < -0.3 is 21.3 Å². The normalized spacial score (nSPS) is 13.6. The highest BCUT2D eigenvalue weighted by Crippen LogP contribution is 2.32. The number of aromatic nitrogens is 4. The lowest BCUT2D eigenvalue weighted by Crippen LogP contribution is -2.40. The third-order valence-corrected chi connectivity index (χ3v) is 17.7. The largest absolute Gasteiger partial charge is 0.385 e. The number of hydrogen-bond donors (Lipinski definition) is 4. The summed E-state index contributed by atoms with van der Waals surface area (Å²) in [5, 5.41) is 13.8. The van der Waals surface area contributed by atoms with Crippen LogP contribution in [0.1, 0.15) is 314 Å². The van der Waals surface area contributed by atoms with Crippen LogP contribution in [-0.4, -0.2) is 58.7 Å². The van der Waals surface area contributed by atoms with E-state index in [0.717, 1.165) is 49.5 Å². The van der Waals surface area contributed by atoms with Crippen LogP contribution in [0.2, 0.25) is 0 Å². The molecule has 4 N–H and O–H groups in total. The van der Waals surface area contributed by atoms with E-state index in [4.69, 9.17) is 0 Å². The van der Waals surface area contributed by atoms with Gasteiger partial charge in [0.15, 0.2) is 0 Å². The second-order valence-electron chi connectivity index (χ2n) is 39.3. The van der Waals surface area contributed by atoms with E-state index in [-0.39, 0.29) is 0 Å². The van der Waals surface area contributed by atoms with E-state index in [1.54, 1.807) is 12.4 Å². The van der Waals surface area contributed by atoms with Crippen molar-refractivity contribution in [2.24, 2.45) is 44.3 Å². The summed E-state index contributed by atoms with van der Waals surface area (Å²) in [4.78, 5) is 15.9. The average molecular weight is 1490 g/mol. The Hall–Kier alpha value is -6.92. The Morgan fingerprint density at radius 1 is 0.440 bits per heavy atom. The van der Waals surface area contributed by atoms with Gasteiger partial charge >= 0.3 is 0 Å². The van der Waals surface area contributed by atoms with Gasteiger partial charge in [0.05, 0.1) is 0 Å². The van der Waals surface area contributed by atoms with Crippen LogP contribution in [0.3, 0.4) is 0 Å². The van der Waals surface area contributed by atoms with Crippen LogP contribution in [0.15, 0.2) is 189 Å². The lowest BCUT2D eigenvalue weighted by Gasteiger charge is -2.26. The molecule has 3 aliphatic rings. The van der Waals surface area contributed by atoms with Gasteiger partial charge in [0.2, 0.25) is 0 Å². The van der Waals surface area contributed by atoms with Crippen molar-refractivity contribution in [2.45, 2.75) is 307 Å². The zero-order valence-corrected chi connectivity index (χ0v) is 75.2. The Balaban J connectivity index is 0.000000607. The second kappa shape index (κ2) is 53.1. The van der Waals surface area contributed by atoms with Crippen molar-refractivity contribution in [1.82, 2.24) is 30.6 Å². The highest BCUT2D eigenvalue weighted by Gasteiger charge is 2.20. The van der Waals surface area contributed by atoms with E-state index in [9.17, 15) is 0 Å². The van der Waals surface area contributed by atoms with Crippen molar-refractivity contribution in [3.63, 3.8) is 0 Å². The highest BCUT2D eigenvalue weighted by atomic mass is 15.0. The quantitative estimate of drug-likeness (QED) is 0.0595. The SMILES string of the molecule is CC(C)(C)C/C=C/C1CC1.CC(C)(C)CC#CC1CC1.CC(C)(C)CCNC1CCNCC1.CC(C)(C)CCNc1ccccc1.CC(C)(C)CCNc1ccncc1.CC(C)(C)Cc1ccncc1.CC(C)(C)c1ccccc1.CC(C)c1ccncc1.Cc1ccc(C(C)C)cc1.Cc1cnccc1C(C)C. The summed E-state index contributed by atoms with van der Waals surface area (Å²) in [6, 6.07) is 44.7. The van der Waals surface area contributed by atoms with Crippen LogP contribution in [-0.2, 0) is 11.8 Å². The van der Waals surface area contributed by atoms with E-state index in [0.29, 0.717) is 55.7 Å². The lowest BCUT2D eigenvalue weighted by molar-refractivity contribution is 0.329. The molecule has 8 nitrogen and oxygen atoms in total. The number of rotatable bonds is 15. The van der Waals surface area contributed by atoms with Crippen LogP contribution in [0, 0.1) is 70.0 Å². The first-order valence-electron chi connectivity index (χ1n) is 41.6. The zero-order valence-electron chi connectivity index (χ0n) is 75.2. The molecule has 4 aromatic heterocycles. The first kappa shape index (κ1) is 100. The molecule has 1 saturated heterocycles. The average Bonchev–Trinajstić information content (AvgIpc) is 1.88. The molecule has 0 bridgehead atoms. The van der Waals surface area contributed by atoms with E-state index in [2.05, 4.69) is 363 Å². The highest BCUT2D eigenvalue weighted by molar-refractivity contribution is 5.42. The molecule has 0 unspecified atom stereocenters. The van der Waals surface area contributed by atoms with Crippen molar-refractivity contribution in [1.29, 1.82) is 0 Å². The van der Waals surface area contributed by atoms with Gasteiger partial charge in [0.1, 0.15) is 0 Å². The number of pyridine rings is 4. The van der Waals surface area contributed by atoms with Crippen LogP contribution in [0.25, 0.3) is 0 Å². The standard InChI is InChI=1S/C12H19N.C11H24N2.C11H18N2.C10H15N.C10H14.C10H18.C10H16.C10H14.C9H13N.C8H11N/c1-12(2,3)9-10-13-11-7-5-4-6-8-11;2*1-11(2,3)6-9-13-10-4-7-12-8-5-10;1-10(2,3)8-9-4-6-11-7-5-9;1-8(2)10-6-4-9(3)5-7-10;2*1-10(2,3)8-4-5-9-6-7-9;1-10(2,3)9-7-5-4-6-8-9;1-7(2)9-4-5-10-6-8(9)3;1-7(2)8-3-5-9-6-4-8/h4-8,13H,9-10H2,1-3H3;10,12-13H,4-9H2,1-3H3;4-5,7-8H,6,9H2,1-3H3,(H,12,13);4-7H,8H2,1-3H3;4-8H,1-3H3;4-5,9H,6-8H2,1-3H3;9H,6-8H2,1-3H3;4-8H,1-3H3;4-7H,1-3H3;3-7H,1-2H3/b;;;;;5-4+;;;;. The minimum atomic E-state index is 0.293. The minimum absolute atomic E-state index is 0.293. The number of nitrogens with zero attached hydrogens (tertiary/aromatic N) is 4. The Kier molecular flexibility index (Phi) is 48.8. The van der Waals surface area contributed by atoms with Gasteiger partial charge in [-0.2, -0.15) is 0 Å². The summed E-state index contributed by atoms with van der Waals surface area (Å²) in [6.45, 7) is 70.4. The number of benzene rings is 3. The molecular formula is C101H162N8. The minimum Gasteiger partial charge on any atom is -0.385 e. The van der Waals surface area contributed by atoms with Gasteiger partial charge in [-0.15, -0.1) is 5.92 Å². The summed E-state index contributed by atoms with van der Waals surface area (Å²) in [6.07, 6.45) is 34.6. The molecule has 0 atom stereocenters. The third-order valence-electron chi connectivity index (χ3n) is 17.7. The number of anilines is 2. The van der Waals surface area contributed by atoms with Crippen molar-refractivity contribution < 1.29 is 0 Å². The number of para-hydroxylation sites is 1. The predicted molar refractivity (Wildman–Crippen MR) is 483 cm³/mol. The number of nitrogens with one attached hydrogen (secondary N) is 4. The Morgan fingerprint density at radius 3 is 1.27 bits per heavy atom. The number of allylic oxidation sites excluding steroid dienone is 2. The molecule has 8 heteroatoms. The summed E-state index contributed by atoms with van der Waals surface area (Å²) in [7, 11) is 0. The molecule has 0 radical (unpaired) electrons. The van der Waals surface area contributed by atoms with Gasteiger partial charge in [-0.1, -0.05) is 283 Å². The molecule has 606 valence electrons.